The van der Waals surface area contributed by atoms with E-state index >= 15 is 0 Å². The Bertz CT molecular complexity index is 853. The van der Waals surface area contributed by atoms with Gasteiger partial charge < -0.3 is 19.5 Å². The van der Waals surface area contributed by atoms with Crippen LogP contribution < -0.4 is 5.32 Å². The molecule has 2 aromatic rings. The standard InChI is InChI=1S/C23H33N5O2/c1-4-24-23(27-12-9-21(10-13-27)22(29)30-5-2)26-16-19-7-6-8-20(15-19)17-28-14-11-25-18(28)3/h6-8,11,14-15,21H,4-5,9-10,12-13,16-17H2,1-3H3,(H,24,26). The Morgan fingerprint density at radius 3 is 2.70 bits per heavy atom. The third kappa shape index (κ3) is 5.84. The normalized spacial score (nSPS) is 15.3. The van der Waals surface area contributed by atoms with Crippen molar-refractivity contribution >= 4 is 11.9 Å². The van der Waals surface area contributed by atoms with Crippen molar-refractivity contribution in [2.75, 3.05) is 26.2 Å². The van der Waals surface area contributed by atoms with Gasteiger partial charge in [0.1, 0.15) is 5.82 Å². The van der Waals surface area contributed by atoms with Crippen LogP contribution in [0.3, 0.4) is 0 Å². The van der Waals surface area contributed by atoms with Gasteiger partial charge in [0, 0.05) is 38.6 Å². The Labute approximate surface area is 179 Å². The number of esters is 1. The number of aliphatic imine (C=N–C) groups is 1. The van der Waals surface area contributed by atoms with Gasteiger partial charge >= 0.3 is 5.97 Å². The first kappa shape index (κ1) is 21.9. The van der Waals surface area contributed by atoms with Crippen molar-refractivity contribution in [1.29, 1.82) is 0 Å². The summed E-state index contributed by atoms with van der Waals surface area (Å²) in [6.07, 6.45) is 5.45. The van der Waals surface area contributed by atoms with Crippen LogP contribution in [0.15, 0.2) is 41.7 Å². The number of ether oxygens (including phenoxy) is 1. The lowest BCUT2D eigenvalue weighted by Crippen LogP contribution is -2.46. The van der Waals surface area contributed by atoms with E-state index in [1.165, 1.54) is 11.1 Å². The van der Waals surface area contributed by atoms with Gasteiger partial charge in [0.15, 0.2) is 5.96 Å². The van der Waals surface area contributed by atoms with Crippen LogP contribution in [0.2, 0.25) is 0 Å². The van der Waals surface area contributed by atoms with Crippen LogP contribution in [-0.4, -0.2) is 52.6 Å². The van der Waals surface area contributed by atoms with E-state index in [-0.39, 0.29) is 11.9 Å². The predicted octanol–water partition coefficient (Wildman–Crippen LogP) is 2.98. The summed E-state index contributed by atoms with van der Waals surface area (Å²) in [5.74, 6) is 1.87. The highest BCUT2D eigenvalue weighted by Crippen LogP contribution is 2.19. The molecular formula is C23H33N5O2. The molecule has 0 atom stereocenters. The zero-order valence-corrected chi connectivity index (χ0v) is 18.3. The zero-order valence-electron chi connectivity index (χ0n) is 18.3. The van der Waals surface area contributed by atoms with Crippen molar-refractivity contribution < 1.29 is 9.53 Å². The average molecular weight is 412 g/mol. The van der Waals surface area contributed by atoms with Crippen molar-refractivity contribution in [3.05, 3.63) is 53.6 Å². The fourth-order valence-electron chi connectivity index (χ4n) is 3.77. The minimum absolute atomic E-state index is 0.00684. The predicted molar refractivity (Wildman–Crippen MR) is 118 cm³/mol. The van der Waals surface area contributed by atoms with E-state index < -0.39 is 0 Å². The third-order valence-corrected chi connectivity index (χ3v) is 5.43. The molecule has 30 heavy (non-hydrogen) atoms. The molecule has 1 aromatic heterocycles. The molecule has 0 saturated carbocycles. The van der Waals surface area contributed by atoms with Crippen LogP contribution in [-0.2, 0) is 22.6 Å². The van der Waals surface area contributed by atoms with Crippen molar-refractivity contribution in [2.24, 2.45) is 10.9 Å². The second-order valence-electron chi connectivity index (χ2n) is 7.61. The molecule has 3 rings (SSSR count). The highest BCUT2D eigenvalue weighted by molar-refractivity contribution is 5.80. The number of hydrogen-bond donors (Lipinski definition) is 1. The molecule has 0 amide bonds. The monoisotopic (exact) mass is 411 g/mol. The molecule has 0 aliphatic carbocycles. The van der Waals surface area contributed by atoms with Crippen LogP contribution in [0, 0.1) is 12.8 Å². The number of carbonyl (C=O) groups is 1. The molecule has 162 valence electrons. The van der Waals surface area contributed by atoms with Crippen LogP contribution >= 0.6 is 0 Å². The highest BCUT2D eigenvalue weighted by Gasteiger charge is 2.27. The fraction of sp³-hybridized carbons (Fsp3) is 0.522. The molecule has 0 spiro atoms. The second kappa shape index (κ2) is 10.8. The van der Waals surface area contributed by atoms with Gasteiger partial charge in [0.2, 0.25) is 0 Å². The average Bonchev–Trinajstić information content (AvgIpc) is 3.16. The summed E-state index contributed by atoms with van der Waals surface area (Å²) in [5.41, 5.74) is 2.42. The number of likely N-dealkylation sites (tertiary alicyclic amines) is 1. The van der Waals surface area contributed by atoms with Crippen molar-refractivity contribution in [1.82, 2.24) is 19.8 Å². The Kier molecular flexibility index (Phi) is 7.88. The number of hydrogen-bond acceptors (Lipinski definition) is 4. The molecule has 1 saturated heterocycles. The number of benzene rings is 1. The maximum absolute atomic E-state index is 12.0. The lowest BCUT2D eigenvalue weighted by molar-refractivity contribution is -0.149. The van der Waals surface area contributed by atoms with Gasteiger partial charge in [-0.05, 0) is 44.7 Å². The Morgan fingerprint density at radius 2 is 2.03 bits per heavy atom. The molecule has 1 N–H and O–H groups in total. The van der Waals surface area contributed by atoms with E-state index in [0.717, 1.165) is 50.8 Å². The summed E-state index contributed by atoms with van der Waals surface area (Å²) >= 11 is 0. The van der Waals surface area contributed by atoms with Gasteiger partial charge in [-0.2, -0.15) is 0 Å². The SMILES string of the molecule is CCNC(=NCc1cccc(Cn2ccnc2C)c1)N1CCC(C(=O)OCC)CC1. The molecule has 7 heteroatoms. The molecule has 1 aliphatic rings. The minimum Gasteiger partial charge on any atom is -0.466 e. The van der Waals surface area contributed by atoms with E-state index in [4.69, 9.17) is 9.73 Å². The van der Waals surface area contributed by atoms with E-state index in [9.17, 15) is 4.79 Å². The first-order valence-electron chi connectivity index (χ1n) is 10.9. The summed E-state index contributed by atoms with van der Waals surface area (Å²) in [5, 5.41) is 3.40. The smallest absolute Gasteiger partial charge is 0.309 e. The molecule has 2 heterocycles. The Balaban J connectivity index is 1.62. The van der Waals surface area contributed by atoms with Gasteiger partial charge in [0.25, 0.3) is 0 Å². The fourth-order valence-corrected chi connectivity index (χ4v) is 3.77. The number of nitrogens with one attached hydrogen (secondary N) is 1. The Hall–Kier alpha value is -2.83. The van der Waals surface area contributed by atoms with Crippen molar-refractivity contribution in [3.8, 4) is 0 Å². The van der Waals surface area contributed by atoms with Gasteiger partial charge in [-0.3, -0.25) is 4.79 Å². The maximum atomic E-state index is 12.0. The van der Waals surface area contributed by atoms with Crippen molar-refractivity contribution in [3.63, 3.8) is 0 Å². The summed E-state index contributed by atoms with van der Waals surface area (Å²) in [7, 11) is 0. The minimum atomic E-state index is -0.0657. The number of aryl methyl sites for hydroxylation is 1. The van der Waals surface area contributed by atoms with Crippen LogP contribution in [0.25, 0.3) is 0 Å². The summed E-state index contributed by atoms with van der Waals surface area (Å²) < 4.78 is 7.32. The van der Waals surface area contributed by atoms with Crippen LogP contribution in [0.5, 0.6) is 0 Å². The lowest BCUT2D eigenvalue weighted by atomic mass is 9.97. The molecule has 1 aliphatic heterocycles. The van der Waals surface area contributed by atoms with Crippen molar-refractivity contribution in [2.45, 2.75) is 46.7 Å². The molecule has 7 nitrogen and oxygen atoms in total. The van der Waals surface area contributed by atoms with Gasteiger partial charge in [-0.15, -0.1) is 0 Å². The number of nitrogens with zero attached hydrogens (tertiary/aromatic N) is 4. The van der Waals surface area contributed by atoms with E-state index in [2.05, 4.69) is 51.0 Å². The molecule has 1 fully saturated rings. The third-order valence-electron chi connectivity index (χ3n) is 5.43. The zero-order chi connectivity index (χ0) is 21.3. The molecule has 0 radical (unpaired) electrons. The van der Waals surface area contributed by atoms with Crippen LogP contribution in [0.4, 0.5) is 0 Å². The number of piperidine rings is 1. The summed E-state index contributed by atoms with van der Waals surface area (Å²) in [4.78, 5) is 23.4. The summed E-state index contributed by atoms with van der Waals surface area (Å²) in [6, 6.07) is 8.55. The number of rotatable bonds is 7. The quantitative estimate of drug-likeness (QED) is 0.431. The molecular weight excluding hydrogens is 378 g/mol. The molecule has 0 bridgehead atoms. The number of carbonyl (C=O) groups excluding carboxylic acids is 1. The Morgan fingerprint density at radius 1 is 1.27 bits per heavy atom. The van der Waals surface area contributed by atoms with E-state index in [1.54, 1.807) is 0 Å². The van der Waals surface area contributed by atoms with Gasteiger partial charge in [-0.25, -0.2) is 9.98 Å². The second-order valence-corrected chi connectivity index (χ2v) is 7.61. The molecule has 0 unspecified atom stereocenters. The van der Waals surface area contributed by atoms with E-state index in [1.807, 2.05) is 26.2 Å². The highest BCUT2D eigenvalue weighted by atomic mass is 16.5. The molecule has 1 aromatic carbocycles. The van der Waals surface area contributed by atoms with Gasteiger partial charge in [0.05, 0.1) is 19.1 Å². The first-order chi connectivity index (χ1) is 14.6. The summed E-state index contributed by atoms with van der Waals surface area (Å²) in [6.45, 7) is 10.3. The van der Waals surface area contributed by atoms with Gasteiger partial charge in [-0.1, -0.05) is 24.3 Å². The van der Waals surface area contributed by atoms with E-state index in [0.29, 0.717) is 13.2 Å². The maximum Gasteiger partial charge on any atom is 0.309 e. The number of imidazole rings is 1. The largest absolute Gasteiger partial charge is 0.466 e. The van der Waals surface area contributed by atoms with Crippen LogP contribution in [0.1, 0.15) is 43.6 Å². The first-order valence-corrected chi connectivity index (χ1v) is 10.9. The number of guanidine groups is 1. The number of aromatic nitrogens is 2. The topological polar surface area (TPSA) is 71.8 Å². The lowest BCUT2D eigenvalue weighted by Gasteiger charge is -2.33.